The van der Waals surface area contributed by atoms with Crippen molar-refractivity contribution < 1.29 is 22.0 Å². The summed E-state index contributed by atoms with van der Waals surface area (Å²) in [6.07, 6.45) is 1.83. The summed E-state index contributed by atoms with van der Waals surface area (Å²) in [5.41, 5.74) is 5.60. The molecule has 0 heterocycles. The number of alkyl halides is 2. The summed E-state index contributed by atoms with van der Waals surface area (Å²) >= 11 is 0. The molecule has 1 saturated carbocycles. The van der Waals surface area contributed by atoms with Gasteiger partial charge in [0.1, 0.15) is 0 Å². The van der Waals surface area contributed by atoms with Crippen molar-refractivity contribution in [2.24, 2.45) is 11.7 Å². The van der Waals surface area contributed by atoms with Gasteiger partial charge in [0.2, 0.25) is 15.7 Å². The van der Waals surface area contributed by atoms with E-state index in [0.717, 1.165) is 12.5 Å². The van der Waals surface area contributed by atoms with E-state index in [1.807, 2.05) is 0 Å². The number of nitrogens with one attached hydrogen (secondary N) is 1. The van der Waals surface area contributed by atoms with Crippen LogP contribution in [0.4, 0.5) is 14.5 Å². The maximum Gasteiger partial charge on any atom is 0.341 e. The lowest BCUT2D eigenvalue weighted by molar-refractivity contribution is -0.119. The second-order valence-corrected chi connectivity index (χ2v) is 6.95. The standard InChI is InChI=1S/C13H16F2N2O3S/c14-13(15)21(19,20)11-4-2-1-3-10(11)17-12(18)8-5-6-9(16)7-8/h1-4,8-9,13H,5-7,16H2,(H,17,18). The zero-order valence-electron chi connectivity index (χ0n) is 11.1. The van der Waals surface area contributed by atoms with Gasteiger partial charge in [0.15, 0.2) is 0 Å². The number of carbonyl (C=O) groups is 1. The lowest BCUT2D eigenvalue weighted by Gasteiger charge is -2.14. The number of amides is 1. The van der Waals surface area contributed by atoms with Crippen LogP contribution in [0, 0.1) is 5.92 Å². The molecule has 1 aromatic rings. The Morgan fingerprint density at radius 3 is 2.52 bits per heavy atom. The van der Waals surface area contributed by atoms with Gasteiger partial charge in [-0.25, -0.2) is 8.42 Å². The van der Waals surface area contributed by atoms with E-state index in [9.17, 15) is 22.0 Å². The fraction of sp³-hybridized carbons (Fsp3) is 0.462. The van der Waals surface area contributed by atoms with E-state index in [1.54, 1.807) is 0 Å². The molecule has 0 aliphatic heterocycles. The predicted octanol–water partition coefficient (Wildman–Crippen LogP) is 1.75. The number of nitrogens with two attached hydrogens (primary N) is 1. The Morgan fingerprint density at radius 1 is 1.29 bits per heavy atom. The van der Waals surface area contributed by atoms with Crippen LogP contribution in [0.3, 0.4) is 0 Å². The van der Waals surface area contributed by atoms with E-state index < -0.39 is 20.5 Å². The molecule has 8 heteroatoms. The molecule has 0 spiro atoms. The van der Waals surface area contributed by atoms with Crippen LogP contribution >= 0.6 is 0 Å². The van der Waals surface area contributed by atoms with E-state index >= 15 is 0 Å². The van der Waals surface area contributed by atoms with Crippen molar-refractivity contribution in [3.05, 3.63) is 24.3 Å². The highest BCUT2D eigenvalue weighted by atomic mass is 32.2. The number of benzene rings is 1. The predicted molar refractivity (Wildman–Crippen MR) is 73.6 cm³/mol. The molecule has 2 atom stereocenters. The Bertz CT molecular complexity index is 634. The topological polar surface area (TPSA) is 89.3 Å². The highest BCUT2D eigenvalue weighted by Gasteiger charge is 2.32. The lowest BCUT2D eigenvalue weighted by Crippen LogP contribution is -2.24. The van der Waals surface area contributed by atoms with Gasteiger partial charge in [0.05, 0.1) is 10.6 Å². The van der Waals surface area contributed by atoms with Crippen LogP contribution in [0.25, 0.3) is 0 Å². The molecule has 0 saturated heterocycles. The van der Waals surface area contributed by atoms with Gasteiger partial charge >= 0.3 is 5.76 Å². The molecule has 0 aromatic heterocycles. The SMILES string of the molecule is NC1CCC(C(=O)Nc2ccccc2S(=O)(=O)C(F)F)C1. The number of sulfone groups is 1. The summed E-state index contributed by atoms with van der Waals surface area (Å²) in [6, 6.07) is 5.09. The first kappa shape index (κ1) is 15.8. The van der Waals surface area contributed by atoms with Crippen LogP contribution in [0.2, 0.25) is 0 Å². The Morgan fingerprint density at radius 2 is 1.95 bits per heavy atom. The molecule has 0 bridgehead atoms. The smallest absolute Gasteiger partial charge is 0.328 e. The van der Waals surface area contributed by atoms with Gasteiger partial charge in [-0.1, -0.05) is 12.1 Å². The molecule has 2 rings (SSSR count). The monoisotopic (exact) mass is 318 g/mol. The second-order valence-electron chi connectivity index (χ2n) is 5.06. The van der Waals surface area contributed by atoms with Crippen LogP contribution in [-0.4, -0.2) is 26.1 Å². The highest BCUT2D eigenvalue weighted by Crippen LogP contribution is 2.29. The minimum absolute atomic E-state index is 0.0548. The first-order chi connectivity index (χ1) is 9.82. The first-order valence-corrected chi connectivity index (χ1v) is 8.04. The molecular weight excluding hydrogens is 302 g/mol. The lowest BCUT2D eigenvalue weighted by atomic mass is 10.1. The molecule has 1 aliphatic rings. The van der Waals surface area contributed by atoms with E-state index in [2.05, 4.69) is 5.32 Å². The van der Waals surface area contributed by atoms with Crippen molar-refractivity contribution in [3.63, 3.8) is 0 Å². The average Bonchev–Trinajstić information content (AvgIpc) is 2.86. The first-order valence-electron chi connectivity index (χ1n) is 6.50. The average molecular weight is 318 g/mol. The summed E-state index contributed by atoms with van der Waals surface area (Å²) in [5.74, 6) is -4.24. The van der Waals surface area contributed by atoms with Gasteiger partial charge in [-0.15, -0.1) is 0 Å². The maximum atomic E-state index is 12.7. The minimum atomic E-state index is -4.76. The molecule has 21 heavy (non-hydrogen) atoms. The fourth-order valence-electron chi connectivity index (χ4n) is 2.40. The quantitative estimate of drug-likeness (QED) is 0.885. The summed E-state index contributed by atoms with van der Waals surface area (Å²) in [6.45, 7) is 0. The molecule has 0 radical (unpaired) electrons. The molecule has 1 aromatic carbocycles. The summed E-state index contributed by atoms with van der Waals surface area (Å²) in [7, 11) is -4.76. The van der Waals surface area contributed by atoms with Gasteiger partial charge in [-0.3, -0.25) is 4.79 Å². The number of carbonyl (C=O) groups excluding carboxylic acids is 1. The third-order valence-electron chi connectivity index (χ3n) is 3.53. The Kier molecular flexibility index (Phi) is 4.58. The third kappa shape index (κ3) is 3.38. The zero-order chi connectivity index (χ0) is 15.6. The number of hydrogen-bond acceptors (Lipinski definition) is 4. The molecular formula is C13H16F2N2O3S. The normalized spacial score (nSPS) is 22.5. The van der Waals surface area contributed by atoms with Gasteiger partial charge in [-0.05, 0) is 31.4 Å². The van der Waals surface area contributed by atoms with Crippen LogP contribution in [0.1, 0.15) is 19.3 Å². The molecule has 1 aliphatic carbocycles. The van der Waals surface area contributed by atoms with Crippen molar-refractivity contribution in [2.75, 3.05) is 5.32 Å². The van der Waals surface area contributed by atoms with Crippen LogP contribution in [-0.2, 0) is 14.6 Å². The largest absolute Gasteiger partial charge is 0.341 e. The summed E-state index contributed by atoms with van der Waals surface area (Å²) in [5, 5.41) is 2.43. The van der Waals surface area contributed by atoms with Crippen LogP contribution in [0.15, 0.2) is 29.2 Å². The maximum absolute atomic E-state index is 12.7. The van der Waals surface area contributed by atoms with Crippen molar-refractivity contribution >= 4 is 21.4 Å². The van der Waals surface area contributed by atoms with Crippen molar-refractivity contribution in [3.8, 4) is 0 Å². The van der Waals surface area contributed by atoms with Crippen molar-refractivity contribution in [1.82, 2.24) is 0 Å². The van der Waals surface area contributed by atoms with E-state index in [1.165, 1.54) is 18.2 Å². The van der Waals surface area contributed by atoms with Crippen LogP contribution in [0.5, 0.6) is 0 Å². The van der Waals surface area contributed by atoms with E-state index in [4.69, 9.17) is 5.73 Å². The van der Waals surface area contributed by atoms with E-state index in [0.29, 0.717) is 12.8 Å². The molecule has 2 unspecified atom stereocenters. The highest BCUT2D eigenvalue weighted by molar-refractivity contribution is 7.91. The van der Waals surface area contributed by atoms with Gasteiger partial charge in [0.25, 0.3) is 0 Å². The number of hydrogen-bond donors (Lipinski definition) is 2. The Labute approximate surface area is 121 Å². The van der Waals surface area contributed by atoms with E-state index in [-0.39, 0.29) is 23.6 Å². The number of para-hydroxylation sites is 1. The number of rotatable bonds is 4. The number of anilines is 1. The molecule has 116 valence electrons. The van der Waals surface area contributed by atoms with Gasteiger partial charge < -0.3 is 11.1 Å². The van der Waals surface area contributed by atoms with Crippen LogP contribution < -0.4 is 11.1 Å². The fourth-order valence-corrected chi connectivity index (χ4v) is 3.29. The van der Waals surface area contributed by atoms with Gasteiger partial charge in [0, 0.05) is 12.0 Å². The second kappa shape index (κ2) is 6.07. The molecule has 5 nitrogen and oxygen atoms in total. The van der Waals surface area contributed by atoms with Crippen molar-refractivity contribution in [2.45, 2.75) is 36.0 Å². The zero-order valence-corrected chi connectivity index (χ0v) is 11.9. The van der Waals surface area contributed by atoms with Crippen molar-refractivity contribution in [1.29, 1.82) is 0 Å². The molecule has 1 amide bonds. The third-order valence-corrected chi connectivity index (χ3v) is 4.97. The Balaban J connectivity index is 2.23. The minimum Gasteiger partial charge on any atom is -0.328 e. The molecule has 3 N–H and O–H groups in total. The summed E-state index contributed by atoms with van der Waals surface area (Å²) < 4.78 is 48.5. The van der Waals surface area contributed by atoms with Gasteiger partial charge in [-0.2, -0.15) is 8.78 Å². The number of halogens is 2. The Hall–Kier alpha value is -1.54. The molecule has 1 fully saturated rings. The summed E-state index contributed by atoms with van der Waals surface area (Å²) in [4.78, 5) is 11.5.